The van der Waals surface area contributed by atoms with Crippen LogP contribution in [-0.2, 0) is 17.7 Å². The van der Waals surface area contributed by atoms with E-state index in [1.165, 1.54) is 43.5 Å². The standard InChI is InChI=1S/C30H44N4O/c1-6-9-13-29(35-8-3)33-30-23(4)32-27(7-2)21-26(30)16-15-25-20-24(14-17-28(25)31-5)22-34-18-11-10-12-19-34/h13-17,20-21,31,33H,6-12,18-19,22H2,1-5H3/b16-15+,29-13+. The highest BCUT2D eigenvalue weighted by atomic mass is 16.5. The summed E-state index contributed by atoms with van der Waals surface area (Å²) in [5.74, 6) is 0.803. The minimum absolute atomic E-state index is 0.628. The summed E-state index contributed by atoms with van der Waals surface area (Å²) in [6.45, 7) is 12.5. The Bertz CT molecular complexity index is 1010. The van der Waals surface area contributed by atoms with Gasteiger partial charge in [0, 0.05) is 30.5 Å². The maximum atomic E-state index is 5.89. The first-order chi connectivity index (χ1) is 17.1. The number of unbranched alkanes of at least 4 members (excludes halogenated alkanes) is 1. The lowest BCUT2D eigenvalue weighted by Crippen LogP contribution is -2.29. The molecule has 5 heteroatoms. The molecule has 1 aliphatic heterocycles. The van der Waals surface area contributed by atoms with Crippen LogP contribution in [0.2, 0.25) is 0 Å². The van der Waals surface area contributed by atoms with E-state index in [0.29, 0.717) is 6.61 Å². The van der Waals surface area contributed by atoms with Gasteiger partial charge in [0.05, 0.1) is 18.0 Å². The van der Waals surface area contributed by atoms with Gasteiger partial charge in [-0.05, 0) is 88.0 Å². The number of likely N-dealkylation sites (tertiary alicyclic amines) is 1. The number of hydrogen-bond donors (Lipinski definition) is 2. The number of allylic oxidation sites excluding steroid dienone is 1. The van der Waals surface area contributed by atoms with Crippen LogP contribution in [0.25, 0.3) is 12.2 Å². The Balaban J connectivity index is 1.92. The number of pyridine rings is 1. The minimum Gasteiger partial charge on any atom is -0.479 e. The van der Waals surface area contributed by atoms with E-state index in [9.17, 15) is 0 Å². The second-order valence-electron chi connectivity index (χ2n) is 9.27. The minimum atomic E-state index is 0.628. The molecule has 0 unspecified atom stereocenters. The Kier molecular flexibility index (Phi) is 10.7. The van der Waals surface area contributed by atoms with Gasteiger partial charge in [-0.3, -0.25) is 9.88 Å². The van der Waals surface area contributed by atoms with E-state index in [4.69, 9.17) is 9.72 Å². The molecule has 2 heterocycles. The lowest BCUT2D eigenvalue weighted by molar-refractivity contribution is 0.221. The second-order valence-corrected chi connectivity index (χ2v) is 9.27. The Hall–Kier alpha value is -2.79. The van der Waals surface area contributed by atoms with Gasteiger partial charge in [-0.25, -0.2) is 0 Å². The van der Waals surface area contributed by atoms with Crippen molar-refractivity contribution in [3.05, 3.63) is 64.3 Å². The van der Waals surface area contributed by atoms with Crippen LogP contribution >= 0.6 is 0 Å². The predicted octanol–water partition coefficient (Wildman–Crippen LogP) is 7.24. The molecule has 35 heavy (non-hydrogen) atoms. The molecule has 1 aromatic carbocycles. The quantitative estimate of drug-likeness (QED) is 0.316. The summed E-state index contributed by atoms with van der Waals surface area (Å²) in [4.78, 5) is 7.39. The molecule has 0 atom stereocenters. The van der Waals surface area contributed by atoms with Crippen molar-refractivity contribution in [3.8, 4) is 0 Å². The van der Waals surface area contributed by atoms with E-state index in [1.807, 2.05) is 14.0 Å². The van der Waals surface area contributed by atoms with E-state index in [-0.39, 0.29) is 0 Å². The van der Waals surface area contributed by atoms with Crippen molar-refractivity contribution in [2.45, 2.75) is 72.8 Å². The number of anilines is 2. The molecule has 1 aromatic heterocycles. The average Bonchev–Trinajstić information content (AvgIpc) is 2.88. The van der Waals surface area contributed by atoms with Gasteiger partial charge < -0.3 is 15.4 Å². The highest BCUT2D eigenvalue weighted by Gasteiger charge is 2.13. The summed E-state index contributed by atoms with van der Waals surface area (Å²) in [6.07, 6.45) is 13.5. The van der Waals surface area contributed by atoms with E-state index in [0.717, 1.165) is 60.0 Å². The molecule has 0 aliphatic carbocycles. The SMILES string of the molecule is CCC/C=C(\Nc1c(/C=C/c2cc(CN3CCCCC3)ccc2NC)cc(CC)nc1C)OCC. The fraction of sp³-hybridized carbons (Fsp3) is 0.500. The zero-order valence-corrected chi connectivity index (χ0v) is 22.4. The third-order valence-corrected chi connectivity index (χ3v) is 6.50. The van der Waals surface area contributed by atoms with Crippen LogP contribution in [0, 0.1) is 6.92 Å². The lowest BCUT2D eigenvalue weighted by atomic mass is 10.0. The molecule has 2 aromatic rings. The number of nitrogens with zero attached hydrogens (tertiary/aromatic N) is 2. The summed E-state index contributed by atoms with van der Waals surface area (Å²) >= 11 is 0. The highest BCUT2D eigenvalue weighted by molar-refractivity contribution is 5.82. The van der Waals surface area contributed by atoms with E-state index in [2.05, 4.69) is 78.8 Å². The van der Waals surface area contributed by atoms with Gasteiger partial charge in [-0.15, -0.1) is 0 Å². The monoisotopic (exact) mass is 476 g/mol. The molecule has 0 bridgehead atoms. The Morgan fingerprint density at radius 2 is 1.83 bits per heavy atom. The van der Waals surface area contributed by atoms with Crippen molar-refractivity contribution in [3.63, 3.8) is 0 Å². The van der Waals surface area contributed by atoms with Crippen molar-refractivity contribution < 1.29 is 4.74 Å². The van der Waals surface area contributed by atoms with Crippen LogP contribution in [0.15, 0.2) is 36.2 Å². The number of aryl methyl sites for hydroxylation is 2. The Morgan fingerprint density at radius 3 is 2.51 bits per heavy atom. The van der Waals surface area contributed by atoms with Gasteiger partial charge in [-0.2, -0.15) is 0 Å². The predicted molar refractivity (Wildman–Crippen MR) is 151 cm³/mol. The molecule has 190 valence electrons. The van der Waals surface area contributed by atoms with E-state index >= 15 is 0 Å². The van der Waals surface area contributed by atoms with Crippen molar-refractivity contribution in [1.29, 1.82) is 0 Å². The number of benzene rings is 1. The van der Waals surface area contributed by atoms with Gasteiger partial charge in [0.15, 0.2) is 5.88 Å². The molecule has 3 rings (SSSR count). The topological polar surface area (TPSA) is 49.4 Å². The van der Waals surface area contributed by atoms with Gasteiger partial charge >= 0.3 is 0 Å². The fourth-order valence-corrected chi connectivity index (χ4v) is 4.57. The molecular formula is C30H44N4O. The number of aromatic nitrogens is 1. The van der Waals surface area contributed by atoms with Gasteiger partial charge in [-0.1, -0.05) is 44.9 Å². The maximum absolute atomic E-state index is 5.89. The number of rotatable bonds is 12. The van der Waals surface area contributed by atoms with E-state index in [1.54, 1.807) is 0 Å². The molecule has 0 spiro atoms. The number of ether oxygens (including phenoxy) is 1. The Labute approximate surface area is 212 Å². The van der Waals surface area contributed by atoms with Crippen LogP contribution in [0.4, 0.5) is 11.4 Å². The van der Waals surface area contributed by atoms with Gasteiger partial charge in [0.1, 0.15) is 0 Å². The molecule has 0 saturated carbocycles. The molecule has 2 N–H and O–H groups in total. The molecule has 0 amide bonds. The van der Waals surface area contributed by atoms with Gasteiger partial charge in [0.25, 0.3) is 0 Å². The van der Waals surface area contributed by atoms with E-state index < -0.39 is 0 Å². The summed E-state index contributed by atoms with van der Waals surface area (Å²) in [5.41, 5.74) is 7.91. The molecule has 1 aliphatic rings. The van der Waals surface area contributed by atoms with Crippen molar-refractivity contribution in [1.82, 2.24) is 9.88 Å². The Morgan fingerprint density at radius 1 is 1.06 bits per heavy atom. The second kappa shape index (κ2) is 13.9. The van der Waals surface area contributed by atoms with Gasteiger partial charge in [0.2, 0.25) is 0 Å². The third-order valence-electron chi connectivity index (χ3n) is 6.50. The zero-order chi connectivity index (χ0) is 25.0. The first-order valence-corrected chi connectivity index (χ1v) is 13.4. The average molecular weight is 477 g/mol. The largest absolute Gasteiger partial charge is 0.479 e. The summed E-state index contributed by atoms with van der Waals surface area (Å²) in [6, 6.07) is 8.97. The number of piperidine rings is 1. The normalized spacial score (nSPS) is 14.9. The van der Waals surface area contributed by atoms with Crippen molar-refractivity contribution >= 4 is 23.5 Å². The van der Waals surface area contributed by atoms with Crippen LogP contribution < -0.4 is 10.6 Å². The first-order valence-electron chi connectivity index (χ1n) is 13.4. The molecule has 1 fully saturated rings. The van der Waals surface area contributed by atoms with Crippen LogP contribution in [0.1, 0.15) is 81.0 Å². The van der Waals surface area contributed by atoms with Crippen molar-refractivity contribution in [2.24, 2.45) is 0 Å². The number of hydrogen-bond acceptors (Lipinski definition) is 5. The molecule has 5 nitrogen and oxygen atoms in total. The van der Waals surface area contributed by atoms with Crippen LogP contribution in [-0.4, -0.2) is 36.6 Å². The van der Waals surface area contributed by atoms with Crippen LogP contribution in [0.3, 0.4) is 0 Å². The zero-order valence-electron chi connectivity index (χ0n) is 22.4. The summed E-state index contributed by atoms with van der Waals surface area (Å²) in [7, 11) is 1.99. The van der Waals surface area contributed by atoms with Crippen LogP contribution in [0.5, 0.6) is 0 Å². The highest BCUT2D eigenvalue weighted by Crippen LogP contribution is 2.27. The number of nitrogens with one attached hydrogen (secondary N) is 2. The summed E-state index contributed by atoms with van der Waals surface area (Å²) < 4.78 is 5.89. The fourth-order valence-electron chi connectivity index (χ4n) is 4.57. The molecule has 1 saturated heterocycles. The molecular weight excluding hydrogens is 432 g/mol. The smallest absolute Gasteiger partial charge is 0.186 e. The lowest BCUT2D eigenvalue weighted by Gasteiger charge is -2.26. The maximum Gasteiger partial charge on any atom is 0.186 e. The molecule has 0 radical (unpaired) electrons. The third kappa shape index (κ3) is 7.86. The first kappa shape index (κ1) is 26.8. The van der Waals surface area contributed by atoms with Crippen molar-refractivity contribution in [2.75, 3.05) is 37.4 Å². The summed E-state index contributed by atoms with van der Waals surface area (Å²) in [5, 5.41) is 6.90.